The quantitative estimate of drug-likeness (QED) is 0.815. The Balaban J connectivity index is 2.81. The number of carboxylic acids is 1. The lowest BCUT2D eigenvalue weighted by Gasteiger charge is -2.40. The van der Waals surface area contributed by atoms with Crippen LogP contribution in [0.15, 0.2) is 0 Å². The van der Waals surface area contributed by atoms with Crippen molar-refractivity contribution < 1.29 is 14.7 Å². The number of hydrogen-bond donors (Lipinski definition) is 2. The SMILES string of the molecule is CCC(CC)(CC)NC(=O)N1CCC(C)CC1C(=O)O. The Kier molecular flexibility index (Phi) is 5.84. The Bertz CT molecular complexity index is 345. The molecule has 5 heteroatoms. The van der Waals surface area contributed by atoms with Gasteiger partial charge in [-0.15, -0.1) is 0 Å². The number of hydrogen-bond acceptors (Lipinski definition) is 2. The van der Waals surface area contributed by atoms with Crippen LogP contribution in [0.5, 0.6) is 0 Å². The predicted octanol–water partition coefficient (Wildman–Crippen LogP) is 2.85. The van der Waals surface area contributed by atoms with E-state index >= 15 is 0 Å². The highest BCUT2D eigenvalue weighted by Gasteiger charge is 2.37. The second-order valence-corrected chi connectivity index (χ2v) is 5.95. The van der Waals surface area contributed by atoms with Gasteiger partial charge >= 0.3 is 12.0 Å². The average Bonchev–Trinajstić information content (AvgIpc) is 2.44. The van der Waals surface area contributed by atoms with Crippen molar-refractivity contribution in [2.75, 3.05) is 6.54 Å². The second-order valence-electron chi connectivity index (χ2n) is 5.95. The standard InChI is InChI=1S/C15H28N2O3/c1-5-15(6-2,7-3)16-14(20)17-9-8-11(4)10-12(17)13(18)19/h11-12H,5-10H2,1-4H3,(H,16,20)(H,18,19). The topological polar surface area (TPSA) is 69.6 Å². The molecule has 0 saturated carbocycles. The molecular formula is C15H28N2O3. The van der Waals surface area contributed by atoms with E-state index in [0.29, 0.717) is 18.9 Å². The first-order valence-corrected chi connectivity index (χ1v) is 7.70. The molecule has 0 radical (unpaired) electrons. The number of aliphatic carboxylic acids is 1. The fourth-order valence-corrected chi connectivity index (χ4v) is 2.93. The van der Waals surface area contributed by atoms with Crippen molar-refractivity contribution in [3.05, 3.63) is 0 Å². The third-order valence-electron chi connectivity index (χ3n) is 4.81. The van der Waals surface area contributed by atoms with Crippen molar-refractivity contribution in [2.24, 2.45) is 5.92 Å². The summed E-state index contributed by atoms with van der Waals surface area (Å²) in [7, 11) is 0. The Morgan fingerprint density at radius 1 is 1.25 bits per heavy atom. The van der Waals surface area contributed by atoms with Crippen molar-refractivity contribution in [1.29, 1.82) is 0 Å². The monoisotopic (exact) mass is 284 g/mol. The zero-order valence-electron chi connectivity index (χ0n) is 13.1. The molecule has 20 heavy (non-hydrogen) atoms. The van der Waals surface area contributed by atoms with E-state index in [9.17, 15) is 14.7 Å². The molecule has 0 bridgehead atoms. The maximum absolute atomic E-state index is 12.5. The van der Waals surface area contributed by atoms with Crippen molar-refractivity contribution >= 4 is 12.0 Å². The van der Waals surface area contributed by atoms with Gasteiger partial charge in [-0.2, -0.15) is 0 Å². The summed E-state index contributed by atoms with van der Waals surface area (Å²) >= 11 is 0. The number of nitrogens with one attached hydrogen (secondary N) is 1. The van der Waals surface area contributed by atoms with Crippen molar-refractivity contribution in [1.82, 2.24) is 10.2 Å². The van der Waals surface area contributed by atoms with E-state index in [4.69, 9.17) is 0 Å². The highest BCUT2D eigenvalue weighted by Crippen LogP contribution is 2.25. The van der Waals surface area contributed by atoms with Crippen LogP contribution in [-0.2, 0) is 4.79 Å². The first-order chi connectivity index (χ1) is 9.39. The van der Waals surface area contributed by atoms with Gasteiger partial charge in [0.2, 0.25) is 0 Å². The average molecular weight is 284 g/mol. The Hall–Kier alpha value is -1.26. The molecule has 0 spiro atoms. The van der Waals surface area contributed by atoms with E-state index < -0.39 is 12.0 Å². The lowest BCUT2D eigenvalue weighted by atomic mass is 9.89. The zero-order chi connectivity index (χ0) is 15.3. The highest BCUT2D eigenvalue weighted by atomic mass is 16.4. The van der Waals surface area contributed by atoms with E-state index in [1.807, 2.05) is 6.92 Å². The fourth-order valence-electron chi connectivity index (χ4n) is 2.93. The van der Waals surface area contributed by atoms with Crippen molar-refractivity contribution in [3.63, 3.8) is 0 Å². The highest BCUT2D eigenvalue weighted by molar-refractivity contribution is 5.83. The van der Waals surface area contributed by atoms with Crippen molar-refractivity contribution in [3.8, 4) is 0 Å². The minimum Gasteiger partial charge on any atom is -0.480 e. The van der Waals surface area contributed by atoms with Gasteiger partial charge in [0.15, 0.2) is 0 Å². The number of urea groups is 1. The van der Waals surface area contributed by atoms with Crippen LogP contribution in [0.2, 0.25) is 0 Å². The van der Waals surface area contributed by atoms with E-state index in [-0.39, 0.29) is 11.6 Å². The summed E-state index contributed by atoms with van der Waals surface area (Å²) in [4.78, 5) is 25.3. The molecule has 2 amide bonds. The molecule has 0 aromatic carbocycles. The van der Waals surface area contributed by atoms with E-state index in [2.05, 4.69) is 26.1 Å². The van der Waals surface area contributed by atoms with Gasteiger partial charge in [-0.1, -0.05) is 27.7 Å². The van der Waals surface area contributed by atoms with Crippen molar-refractivity contribution in [2.45, 2.75) is 71.4 Å². The molecule has 1 aliphatic heterocycles. The van der Waals surface area contributed by atoms with Gasteiger partial charge in [-0.25, -0.2) is 9.59 Å². The van der Waals surface area contributed by atoms with Gasteiger partial charge in [0, 0.05) is 12.1 Å². The lowest BCUT2D eigenvalue weighted by molar-refractivity contribution is -0.143. The molecule has 5 nitrogen and oxygen atoms in total. The van der Waals surface area contributed by atoms with Crippen LogP contribution in [0.4, 0.5) is 4.79 Å². The summed E-state index contributed by atoms with van der Waals surface area (Å²) in [6, 6.07) is -0.920. The number of nitrogens with zero attached hydrogens (tertiary/aromatic N) is 1. The van der Waals surface area contributed by atoms with Crippen LogP contribution in [0.25, 0.3) is 0 Å². The lowest BCUT2D eigenvalue weighted by Crippen LogP contribution is -2.58. The van der Waals surface area contributed by atoms with Gasteiger partial charge in [0.25, 0.3) is 0 Å². The summed E-state index contributed by atoms with van der Waals surface area (Å²) in [6.07, 6.45) is 3.98. The number of likely N-dealkylation sites (tertiary alicyclic amines) is 1. The normalized spacial score (nSPS) is 23.5. The third kappa shape index (κ3) is 3.64. The number of carbonyl (C=O) groups excluding carboxylic acids is 1. The van der Waals surface area contributed by atoms with E-state index in [0.717, 1.165) is 25.7 Å². The molecule has 1 aliphatic rings. The first kappa shape index (κ1) is 16.8. The molecule has 1 fully saturated rings. The maximum Gasteiger partial charge on any atom is 0.326 e. The fraction of sp³-hybridized carbons (Fsp3) is 0.867. The van der Waals surface area contributed by atoms with Gasteiger partial charge < -0.3 is 15.3 Å². The number of rotatable bonds is 5. The largest absolute Gasteiger partial charge is 0.480 e. The van der Waals surface area contributed by atoms with Crippen LogP contribution in [0, 0.1) is 5.92 Å². The molecule has 116 valence electrons. The van der Waals surface area contributed by atoms with Crippen LogP contribution >= 0.6 is 0 Å². The maximum atomic E-state index is 12.5. The summed E-state index contributed by atoms with van der Waals surface area (Å²) in [6.45, 7) is 8.73. The summed E-state index contributed by atoms with van der Waals surface area (Å²) in [5.74, 6) is -0.546. The van der Waals surface area contributed by atoms with Gasteiger partial charge in [-0.05, 0) is 38.0 Å². The minimum atomic E-state index is -0.901. The smallest absolute Gasteiger partial charge is 0.326 e. The number of carbonyl (C=O) groups is 2. The molecule has 0 aromatic rings. The zero-order valence-corrected chi connectivity index (χ0v) is 13.1. The second kappa shape index (κ2) is 6.95. The molecule has 0 aromatic heterocycles. The van der Waals surface area contributed by atoms with Gasteiger partial charge in [0.1, 0.15) is 6.04 Å². The minimum absolute atomic E-state index is 0.219. The first-order valence-electron chi connectivity index (χ1n) is 7.70. The third-order valence-corrected chi connectivity index (χ3v) is 4.81. The van der Waals surface area contributed by atoms with E-state index in [1.54, 1.807) is 0 Å². The Morgan fingerprint density at radius 2 is 1.80 bits per heavy atom. The number of carboxylic acid groups (broad SMARTS) is 1. The molecule has 2 N–H and O–H groups in total. The van der Waals surface area contributed by atoms with Crippen LogP contribution < -0.4 is 5.32 Å². The predicted molar refractivity (Wildman–Crippen MR) is 78.7 cm³/mol. The van der Waals surface area contributed by atoms with Crippen LogP contribution in [0.3, 0.4) is 0 Å². The molecule has 1 heterocycles. The molecule has 2 unspecified atom stereocenters. The summed E-state index contributed by atoms with van der Waals surface area (Å²) in [5.41, 5.74) is -0.219. The Morgan fingerprint density at radius 3 is 2.25 bits per heavy atom. The van der Waals surface area contributed by atoms with E-state index in [1.165, 1.54) is 4.90 Å². The Labute approximate surface area is 121 Å². The van der Waals surface area contributed by atoms with Crippen LogP contribution in [0.1, 0.15) is 59.8 Å². The number of amides is 2. The van der Waals surface area contributed by atoms with Gasteiger partial charge in [0.05, 0.1) is 0 Å². The molecular weight excluding hydrogens is 256 g/mol. The molecule has 0 aliphatic carbocycles. The van der Waals surface area contributed by atoms with Crippen LogP contribution in [-0.4, -0.2) is 40.1 Å². The molecule has 2 atom stereocenters. The van der Waals surface area contributed by atoms with Gasteiger partial charge in [-0.3, -0.25) is 0 Å². The summed E-state index contributed by atoms with van der Waals surface area (Å²) < 4.78 is 0. The molecule has 1 rings (SSSR count). The summed E-state index contributed by atoms with van der Waals surface area (Å²) in [5, 5.41) is 12.4. The number of piperidine rings is 1. The molecule has 1 saturated heterocycles.